The standard InChI is InChI=1S/C6H14OS2/c1-5-7-9(8)6(2,3)4/h5H2,1-4H3. The fraction of sp³-hybridized carbons (Fsp3) is 1.00. The van der Waals surface area contributed by atoms with Crippen LogP contribution in [0.15, 0.2) is 0 Å². The summed E-state index contributed by atoms with van der Waals surface area (Å²) in [5, 5.41) is 0. The van der Waals surface area contributed by atoms with Gasteiger partial charge in [-0.25, -0.2) is 0 Å². The van der Waals surface area contributed by atoms with E-state index in [1.54, 1.807) is 0 Å². The van der Waals surface area contributed by atoms with Crippen molar-refractivity contribution in [3.05, 3.63) is 0 Å². The third kappa shape index (κ3) is 4.00. The summed E-state index contributed by atoms with van der Waals surface area (Å²) in [5.74, 6) is 0. The van der Waals surface area contributed by atoms with E-state index in [0.717, 1.165) is 6.61 Å². The van der Waals surface area contributed by atoms with E-state index in [-0.39, 0.29) is 14.5 Å². The molecule has 0 bridgehead atoms. The Morgan fingerprint density at radius 3 is 2.00 bits per heavy atom. The first-order valence-electron chi connectivity index (χ1n) is 3.03. The van der Waals surface area contributed by atoms with E-state index in [9.17, 15) is 0 Å². The molecule has 0 aromatic rings. The molecule has 0 radical (unpaired) electrons. The molecule has 0 saturated carbocycles. The maximum Gasteiger partial charge on any atom is 0.0589 e. The van der Waals surface area contributed by atoms with Gasteiger partial charge in [0.15, 0.2) is 0 Å². The quantitative estimate of drug-likeness (QED) is 0.619. The Hall–Kier alpha value is 0.530. The second-order valence-corrected chi connectivity index (χ2v) is 5.59. The molecule has 0 spiro atoms. The summed E-state index contributed by atoms with van der Waals surface area (Å²) in [6.45, 7) is 8.98. The molecule has 0 amide bonds. The minimum Gasteiger partial charge on any atom is -0.312 e. The molecule has 0 aliphatic rings. The van der Waals surface area contributed by atoms with Gasteiger partial charge in [0.25, 0.3) is 0 Å². The van der Waals surface area contributed by atoms with Gasteiger partial charge in [-0.2, -0.15) is 0 Å². The average molecular weight is 166 g/mol. The molecule has 0 N–H and O–H groups in total. The average Bonchev–Trinajstić information content (AvgIpc) is 1.64. The SMILES string of the molecule is CCOS(=S)C(C)(C)C. The van der Waals surface area contributed by atoms with Crippen LogP contribution in [-0.2, 0) is 25.1 Å². The van der Waals surface area contributed by atoms with Crippen LogP contribution < -0.4 is 0 Å². The second-order valence-electron chi connectivity index (χ2n) is 2.75. The molecule has 9 heavy (non-hydrogen) atoms. The van der Waals surface area contributed by atoms with Gasteiger partial charge in [-0.1, -0.05) is 0 Å². The van der Waals surface area contributed by atoms with Gasteiger partial charge in [0.05, 0.1) is 6.61 Å². The first-order valence-corrected chi connectivity index (χ1v) is 5.11. The lowest BCUT2D eigenvalue weighted by Gasteiger charge is -2.19. The van der Waals surface area contributed by atoms with Crippen molar-refractivity contribution in [2.45, 2.75) is 32.4 Å². The summed E-state index contributed by atoms with van der Waals surface area (Å²) < 4.78 is 5.38. The fourth-order valence-corrected chi connectivity index (χ4v) is 1.14. The van der Waals surface area contributed by atoms with Gasteiger partial charge in [0.2, 0.25) is 0 Å². The van der Waals surface area contributed by atoms with Crippen molar-refractivity contribution in [1.82, 2.24) is 0 Å². The summed E-state index contributed by atoms with van der Waals surface area (Å²) in [4.78, 5) is 0. The maximum atomic E-state index is 5.25. The summed E-state index contributed by atoms with van der Waals surface area (Å²) in [7, 11) is -0.304. The van der Waals surface area contributed by atoms with Crippen LogP contribution in [0.2, 0.25) is 0 Å². The molecular formula is C6H14OS2. The van der Waals surface area contributed by atoms with Crippen molar-refractivity contribution in [3.63, 3.8) is 0 Å². The van der Waals surface area contributed by atoms with E-state index >= 15 is 0 Å². The summed E-state index contributed by atoms with van der Waals surface area (Å²) in [6, 6.07) is 0. The molecule has 0 aromatic carbocycles. The molecule has 0 heterocycles. The molecule has 0 aliphatic carbocycles. The fourth-order valence-electron chi connectivity index (χ4n) is 0.284. The van der Waals surface area contributed by atoms with Gasteiger partial charge in [-0.05, 0) is 38.9 Å². The molecule has 1 nitrogen and oxygen atoms in total. The molecule has 0 aliphatic heterocycles. The smallest absolute Gasteiger partial charge is 0.0589 e. The molecule has 0 rings (SSSR count). The van der Waals surface area contributed by atoms with Crippen LogP contribution in [0.1, 0.15) is 27.7 Å². The normalized spacial score (nSPS) is 15.6. The van der Waals surface area contributed by atoms with Crippen LogP contribution in [-0.4, -0.2) is 11.4 Å². The third-order valence-corrected chi connectivity index (χ3v) is 3.96. The van der Waals surface area contributed by atoms with Crippen LogP contribution in [0.3, 0.4) is 0 Å². The van der Waals surface area contributed by atoms with Crippen LogP contribution in [0, 0.1) is 0 Å². The van der Waals surface area contributed by atoms with Gasteiger partial charge in [-0.15, -0.1) is 0 Å². The van der Waals surface area contributed by atoms with Crippen molar-refractivity contribution >= 4 is 20.9 Å². The van der Waals surface area contributed by atoms with E-state index in [0.29, 0.717) is 0 Å². The van der Waals surface area contributed by atoms with Gasteiger partial charge in [-0.3, -0.25) is 0 Å². The Morgan fingerprint density at radius 2 is 1.89 bits per heavy atom. The van der Waals surface area contributed by atoms with Crippen molar-refractivity contribution in [3.8, 4) is 0 Å². The lowest BCUT2D eigenvalue weighted by Crippen LogP contribution is -2.22. The van der Waals surface area contributed by atoms with Crippen LogP contribution in [0.5, 0.6) is 0 Å². The van der Waals surface area contributed by atoms with Crippen molar-refractivity contribution in [2.75, 3.05) is 6.61 Å². The predicted molar refractivity (Wildman–Crippen MR) is 46.1 cm³/mol. The van der Waals surface area contributed by atoms with E-state index in [2.05, 4.69) is 20.8 Å². The molecule has 3 heteroatoms. The second kappa shape index (κ2) is 3.64. The molecule has 1 unspecified atom stereocenters. The highest BCUT2D eigenvalue weighted by Crippen LogP contribution is 2.12. The summed E-state index contributed by atoms with van der Waals surface area (Å²) >= 11 is 5.08. The van der Waals surface area contributed by atoms with Crippen LogP contribution in [0.4, 0.5) is 0 Å². The van der Waals surface area contributed by atoms with Crippen molar-refractivity contribution < 1.29 is 4.18 Å². The minimum absolute atomic E-state index is 0.130. The van der Waals surface area contributed by atoms with Crippen molar-refractivity contribution in [2.24, 2.45) is 0 Å². The Labute approximate surface area is 64.6 Å². The zero-order valence-corrected chi connectivity index (χ0v) is 8.06. The minimum atomic E-state index is -0.304. The molecular weight excluding hydrogens is 152 g/mol. The molecule has 56 valence electrons. The Morgan fingerprint density at radius 1 is 1.44 bits per heavy atom. The molecule has 0 aromatic heterocycles. The van der Waals surface area contributed by atoms with Gasteiger partial charge < -0.3 is 4.18 Å². The Balaban J connectivity index is 3.74. The zero-order chi connectivity index (χ0) is 7.49. The van der Waals surface area contributed by atoms with Gasteiger partial charge in [0, 0.05) is 14.5 Å². The first-order chi connectivity index (χ1) is 3.98. The molecule has 0 fully saturated rings. The topological polar surface area (TPSA) is 9.23 Å². The van der Waals surface area contributed by atoms with E-state index in [1.165, 1.54) is 0 Å². The predicted octanol–water partition coefficient (Wildman–Crippen LogP) is 1.82. The van der Waals surface area contributed by atoms with E-state index < -0.39 is 0 Å². The summed E-state index contributed by atoms with van der Waals surface area (Å²) in [5.41, 5.74) is 0. The van der Waals surface area contributed by atoms with E-state index in [1.807, 2.05) is 6.92 Å². The third-order valence-electron chi connectivity index (χ3n) is 0.725. The lowest BCUT2D eigenvalue weighted by molar-refractivity contribution is 0.386. The Bertz CT molecular complexity index is 104. The summed E-state index contributed by atoms with van der Waals surface area (Å²) in [6.07, 6.45) is 0. The maximum absolute atomic E-state index is 5.25. The van der Waals surface area contributed by atoms with Crippen LogP contribution >= 0.6 is 0 Å². The zero-order valence-electron chi connectivity index (χ0n) is 6.43. The number of hydrogen-bond acceptors (Lipinski definition) is 2. The number of rotatable bonds is 2. The van der Waals surface area contributed by atoms with Crippen molar-refractivity contribution in [1.29, 1.82) is 0 Å². The highest BCUT2D eigenvalue weighted by molar-refractivity contribution is 8.26. The molecule has 0 saturated heterocycles. The monoisotopic (exact) mass is 166 g/mol. The van der Waals surface area contributed by atoms with E-state index in [4.69, 9.17) is 15.4 Å². The Kier molecular flexibility index (Phi) is 3.85. The number of hydrogen-bond donors (Lipinski definition) is 0. The molecule has 1 atom stereocenters. The first kappa shape index (κ1) is 9.53. The van der Waals surface area contributed by atoms with Gasteiger partial charge >= 0.3 is 0 Å². The highest BCUT2D eigenvalue weighted by Gasteiger charge is 2.15. The van der Waals surface area contributed by atoms with Crippen LogP contribution in [0.25, 0.3) is 0 Å². The highest BCUT2D eigenvalue weighted by atomic mass is 32.8. The van der Waals surface area contributed by atoms with Gasteiger partial charge in [0.1, 0.15) is 0 Å². The largest absolute Gasteiger partial charge is 0.312 e. The lowest BCUT2D eigenvalue weighted by atomic mass is 10.3.